The molecule has 0 aliphatic heterocycles. The van der Waals surface area contributed by atoms with Crippen molar-refractivity contribution in [2.24, 2.45) is 0 Å². The van der Waals surface area contributed by atoms with Crippen LogP contribution in [0.1, 0.15) is 5.56 Å². The number of nitro groups is 1. The minimum atomic E-state index is -0.847. The Hall–Kier alpha value is -4.40. The molecule has 33 heavy (non-hydrogen) atoms. The summed E-state index contributed by atoms with van der Waals surface area (Å²) in [5.74, 6) is 0.994. The molecule has 0 aliphatic carbocycles. The normalized spacial score (nSPS) is 10.6. The smallest absolute Gasteiger partial charge is 0.272 e. The molecular weight excluding hydrogens is 431 g/mol. The molecule has 9 heteroatoms. The second-order valence-corrected chi connectivity index (χ2v) is 6.94. The molecule has 1 heterocycles. The Labute approximate surface area is 188 Å². The number of methoxy groups -OCH3 is 2. The molecule has 0 spiro atoms. The first-order valence-corrected chi connectivity index (χ1v) is 9.82. The highest BCUT2D eigenvalue weighted by Crippen LogP contribution is 2.38. The second-order valence-electron chi connectivity index (χ2n) is 6.94. The van der Waals surface area contributed by atoms with E-state index in [4.69, 9.17) is 18.9 Å². The number of ether oxygens (including phenoxy) is 4. The number of nitrogens with zero attached hydrogens (tertiary/aromatic N) is 2. The van der Waals surface area contributed by atoms with Crippen molar-refractivity contribution < 1.29 is 28.3 Å². The Bertz CT molecular complexity index is 1310. The maximum atomic E-state index is 14.3. The molecule has 3 aromatic carbocycles. The third-order valence-electron chi connectivity index (χ3n) is 4.89. The summed E-state index contributed by atoms with van der Waals surface area (Å²) in [6.45, 7) is 0.302. The highest BCUT2D eigenvalue weighted by molar-refractivity contribution is 5.88. The number of pyridine rings is 1. The second kappa shape index (κ2) is 9.39. The van der Waals surface area contributed by atoms with Crippen molar-refractivity contribution in [3.8, 4) is 28.7 Å². The van der Waals surface area contributed by atoms with Crippen LogP contribution in [0.4, 0.5) is 10.1 Å². The van der Waals surface area contributed by atoms with Gasteiger partial charge in [0.05, 0.1) is 30.7 Å². The standard InChI is InChI=1S/C24H19FN2O6/c1-30-17-6-3-15(4-7-17)14-32-24-13-20-18(12-23(24)31-2)21(9-10-26-20)33-22-8-5-16(27(28)29)11-19(22)25/h3-13H,14H2,1-2H3. The van der Waals surface area contributed by atoms with E-state index in [1.54, 1.807) is 25.3 Å². The lowest BCUT2D eigenvalue weighted by molar-refractivity contribution is -0.385. The topological polar surface area (TPSA) is 93.0 Å². The number of halogens is 1. The van der Waals surface area contributed by atoms with Crippen molar-refractivity contribution in [3.63, 3.8) is 0 Å². The van der Waals surface area contributed by atoms with Crippen LogP contribution in [0.5, 0.6) is 28.7 Å². The number of nitro benzene ring substituents is 1. The molecule has 1 aromatic heterocycles. The average Bonchev–Trinajstić information content (AvgIpc) is 2.83. The van der Waals surface area contributed by atoms with Crippen molar-refractivity contribution in [3.05, 3.63) is 88.4 Å². The van der Waals surface area contributed by atoms with E-state index in [-0.39, 0.29) is 11.4 Å². The summed E-state index contributed by atoms with van der Waals surface area (Å²) in [7, 11) is 3.11. The predicted molar refractivity (Wildman–Crippen MR) is 119 cm³/mol. The zero-order valence-electron chi connectivity index (χ0n) is 17.8. The van der Waals surface area contributed by atoms with E-state index in [1.807, 2.05) is 24.3 Å². The van der Waals surface area contributed by atoms with E-state index in [1.165, 1.54) is 25.4 Å². The summed E-state index contributed by atoms with van der Waals surface area (Å²) in [5, 5.41) is 11.4. The summed E-state index contributed by atoms with van der Waals surface area (Å²) in [4.78, 5) is 14.5. The number of rotatable bonds is 8. The van der Waals surface area contributed by atoms with Gasteiger partial charge in [-0.05, 0) is 35.9 Å². The van der Waals surface area contributed by atoms with Crippen molar-refractivity contribution >= 4 is 16.6 Å². The largest absolute Gasteiger partial charge is 0.497 e. The van der Waals surface area contributed by atoms with E-state index in [2.05, 4.69) is 4.98 Å². The van der Waals surface area contributed by atoms with E-state index >= 15 is 0 Å². The Morgan fingerprint density at radius 1 is 0.909 bits per heavy atom. The van der Waals surface area contributed by atoms with Gasteiger partial charge in [-0.25, -0.2) is 4.39 Å². The number of fused-ring (bicyclic) bond motifs is 1. The Morgan fingerprint density at radius 3 is 2.36 bits per heavy atom. The molecule has 0 fully saturated rings. The van der Waals surface area contributed by atoms with Crippen molar-refractivity contribution in [1.29, 1.82) is 0 Å². The molecule has 0 saturated heterocycles. The van der Waals surface area contributed by atoms with Crippen molar-refractivity contribution in [2.75, 3.05) is 14.2 Å². The maximum Gasteiger partial charge on any atom is 0.272 e. The minimum Gasteiger partial charge on any atom is -0.497 e. The molecule has 0 amide bonds. The summed E-state index contributed by atoms with van der Waals surface area (Å²) in [5.41, 5.74) is 1.12. The number of benzene rings is 3. The van der Waals surface area contributed by atoms with Gasteiger partial charge in [0.25, 0.3) is 5.69 Å². The molecule has 168 valence electrons. The SMILES string of the molecule is COc1ccc(COc2cc3nccc(Oc4ccc([N+](=O)[O-])cc4F)c3cc2OC)cc1. The van der Waals surface area contributed by atoms with Crippen LogP contribution < -0.4 is 18.9 Å². The third-order valence-corrected chi connectivity index (χ3v) is 4.89. The zero-order chi connectivity index (χ0) is 23.4. The van der Waals surface area contributed by atoms with Gasteiger partial charge < -0.3 is 18.9 Å². The van der Waals surface area contributed by atoms with E-state index < -0.39 is 10.7 Å². The van der Waals surface area contributed by atoms with Gasteiger partial charge in [0.15, 0.2) is 23.1 Å². The van der Waals surface area contributed by atoms with Crippen LogP contribution >= 0.6 is 0 Å². The molecule has 0 bridgehead atoms. The minimum absolute atomic E-state index is 0.146. The van der Waals surface area contributed by atoms with Gasteiger partial charge in [-0.2, -0.15) is 0 Å². The summed E-state index contributed by atoms with van der Waals surface area (Å²) < 4.78 is 36.6. The van der Waals surface area contributed by atoms with Gasteiger partial charge in [0.2, 0.25) is 0 Å². The zero-order valence-corrected chi connectivity index (χ0v) is 17.8. The molecule has 8 nitrogen and oxygen atoms in total. The van der Waals surface area contributed by atoms with Crippen LogP contribution in [0.2, 0.25) is 0 Å². The number of non-ortho nitro benzene ring substituents is 1. The van der Waals surface area contributed by atoms with Crippen LogP contribution in [0.15, 0.2) is 66.9 Å². The van der Waals surface area contributed by atoms with E-state index in [0.29, 0.717) is 34.8 Å². The van der Waals surface area contributed by atoms with Crippen LogP contribution in [0.3, 0.4) is 0 Å². The Morgan fingerprint density at radius 2 is 1.70 bits per heavy atom. The van der Waals surface area contributed by atoms with Gasteiger partial charge in [-0.15, -0.1) is 0 Å². The summed E-state index contributed by atoms with van der Waals surface area (Å²) in [6, 6.07) is 15.6. The molecule has 0 atom stereocenters. The molecule has 0 aliphatic rings. The quantitative estimate of drug-likeness (QED) is 0.252. The van der Waals surface area contributed by atoms with E-state index in [9.17, 15) is 14.5 Å². The molecular formula is C24H19FN2O6. The third kappa shape index (κ3) is 4.77. The summed E-state index contributed by atoms with van der Waals surface area (Å²) in [6.07, 6.45) is 1.51. The van der Waals surface area contributed by atoms with Gasteiger partial charge in [-0.3, -0.25) is 15.1 Å². The Balaban J connectivity index is 1.62. The van der Waals surface area contributed by atoms with Crippen LogP contribution in [-0.4, -0.2) is 24.1 Å². The van der Waals surface area contributed by atoms with Crippen molar-refractivity contribution in [1.82, 2.24) is 4.98 Å². The first-order valence-electron chi connectivity index (χ1n) is 9.82. The fourth-order valence-corrected chi connectivity index (χ4v) is 3.18. The lowest BCUT2D eigenvalue weighted by Gasteiger charge is -2.14. The van der Waals surface area contributed by atoms with Gasteiger partial charge >= 0.3 is 0 Å². The fraction of sp³-hybridized carbons (Fsp3) is 0.125. The average molecular weight is 450 g/mol. The molecule has 4 rings (SSSR count). The maximum absolute atomic E-state index is 14.3. The van der Waals surface area contributed by atoms with Gasteiger partial charge in [0.1, 0.15) is 18.1 Å². The molecule has 0 unspecified atom stereocenters. The van der Waals surface area contributed by atoms with E-state index in [0.717, 1.165) is 17.4 Å². The lowest BCUT2D eigenvalue weighted by atomic mass is 10.1. The monoisotopic (exact) mass is 450 g/mol. The molecule has 0 radical (unpaired) electrons. The summed E-state index contributed by atoms with van der Waals surface area (Å²) >= 11 is 0. The van der Waals surface area contributed by atoms with Crippen LogP contribution in [0.25, 0.3) is 10.9 Å². The highest BCUT2D eigenvalue weighted by Gasteiger charge is 2.16. The number of hydrogen-bond acceptors (Lipinski definition) is 7. The molecule has 0 N–H and O–H groups in total. The van der Waals surface area contributed by atoms with Crippen LogP contribution in [0, 0.1) is 15.9 Å². The highest BCUT2D eigenvalue weighted by atomic mass is 19.1. The van der Waals surface area contributed by atoms with Gasteiger partial charge in [-0.1, -0.05) is 12.1 Å². The molecule has 4 aromatic rings. The van der Waals surface area contributed by atoms with Crippen LogP contribution in [-0.2, 0) is 6.61 Å². The molecule has 0 saturated carbocycles. The van der Waals surface area contributed by atoms with Crippen molar-refractivity contribution in [2.45, 2.75) is 6.61 Å². The number of aromatic nitrogens is 1. The fourth-order valence-electron chi connectivity index (χ4n) is 3.18. The lowest BCUT2D eigenvalue weighted by Crippen LogP contribution is -1.99. The predicted octanol–water partition coefficient (Wildman–Crippen LogP) is 5.67. The first kappa shape index (κ1) is 21.8. The number of hydrogen-bond donors (Lipinski definition) is 0. The Kier molecular flexibility index (Phi) is 6.21. The van der Waals surface area contributed by atoms with Gasteiger partial charge in [0, 0.05) is 23.7 Å². The first-order chi connectivity index (χ1) is 16.0.